The molecule has 1 heterocycles. The molecule has 4 heteroatoms. The molecular weight excluding hydrogens is 245 g/mol. The van der Waals surface area contributed by atoms with E-state index in [-0.39, 0.29) is 11.9 Å². The van der Waals surface area contributed by atoms with Crippen LogP contribution in [-0.4, -0.2) is 41.8 Å². The van der Waals surface area contributed by atoms with Crippen LogP contribution in [0.3, 0.4) is 0 Å². The Morgan fingerprint density at radius 1 is 1.42 bits per heavy atom. The van der Waals surface area contributed by atoms with Crippen molar-refractivity contribution < 1.29 is 14.2 Å². The minimum absolute atomic E-state index is 0.295. The second kappa shape index (κ2) is 5.99. The van der Waals surface area contributed by atoms with Crippen LogP contribution in [0.5, 0.6) is 0 Å². The van der Waals surface area contributed by atoms with Crippen molar-refractivity contribution in [3.63, 3.8) is 0 Å². The number of aliphatic hydroxyl groups is 1. The van der Waals surface area contributed by atoms with E-state index in [9.17, 15) is 9.50 Å². The number of nitrogens with zero attached hydrogens (tertiary/aromatic N) is 1. The normalized spacial score (nSPS) is 22.7. The minimum atomic E-state index is -0.780. The Hall–Kier alpha value is -0.970. The van der Waals surface area contributed by atoms with Gasteiger partial charge in [-0.1, -0.05) is 6.07 Å². The summed E-state index contributed by atoms with van der Waals surface area (Å²) in [5.74, 6) is -0.323. The van der Waals surface area contributed by atoms with Gasteiger partial charge in [0.1, 0.15) is 18.0 Å². The molecule has 2 unspecified atom stereocenters. The summed E-state index contributed by atoms with van der Waals surface area (Å²) < 4.78 is 19.0. The summed E-state index contributed by atoms with van der Waals surface area (Å²) in [5.41, 5.74) is 1.51. The Labute approximate surface area is 114 Å². The van der Waals surface area contributed by atoms with E-state index in [2.05, 4.69) is 18.7 Å². The Kier molecular flexibility index (Phi) is 4.55. The number of hydrogen-bond acceptors (Lipinski definition) is 3. The topological polar surface area (TPSA) is 32.7 Å². The molecule has 1 N–H and O–H groups in total. The molecular formula is C15H22FNO2. The summed E-state index contributed by atoms with van der Waals surface area (Å²) in [7, 11) is 0. The van der Waals surface area contributed by atoms with E-state index in [1.54, 1.807) is 6.07 Å². The van der Waals surface area contributed by atoms with E-state index in [0.29, 0.717) is 24.8 Å². The predicted octanol–water partition coefficient (Wildman–Crippen LogP) is 2.28. The smallest absolute Gasteiger partial charge is 0.123 e. The number of aryl methyl sites for hydroxylation is 1. The summed E-state index contributed by atoms with van der Waals surface area (Å²) in [6, 6.07) is 4.93. The van der Waals surface area contributed by atoms with E-state index in [0.717, 1.165) is 12.1 Å². The second-order valence-electron chi connectivity index (χ2n) is 5.44. The zero-order valence-corrected chi connectivity index (χ0v) is 11.8. The summed E-state index contributed by atoms with van der Waals surface area (Å²) in [6.45, 7) is 8.29. The molecule has 1 aromatic carbocycles. The molecule has 3 nitrogen and oxygen atoms in total. The monoisotopic (exact) mass is 267 g/mol. The number of benzene rings is 1. The van der Waals surface area contributed by atoms with Crippen LogP contribution in [0.4, 0.5) is 4.39 Å². The fourth-order valence-corrected chi connectivity index (χ4v) is 2.49. The van der Waals surface area contributed by atoms with Crippen molar-refractivity contribution in [1.82, 2.24) is 4.90 Å². The summed E-state index contributed by atoms with van der Waals surface area (Å²) in [6.07, 6.45) is -1.08. The van der Waals surface area contributed by atoms with Crippen molar-refractivity contribution in [1.29, 1.82) is 0 Å². The van der Waals surface area contributed by atoms with Gasteiger partial charge in [-0.15, -0.1) is 0 Å². The lowest BCUT2D eigenvalue weighted by molar-refractivity contribution is -0.0963. The van der Waals surface area contributed by atoms with Gasteiger partial charge in [-0.25, -0.2) is 4.39 Å². The van der Waals surface area contributed by atoms with Crippen molar-refractivity contribution in [3.8, 4) is 0 Å². The third-order valence-electron chi connectivity index (χ3n) is 3.77. The average Bonchev–Trinajstić information content (AvgIpc) is 2.41. The fourth-order valence-electron chi connectivity index (χ4n) is 2.49. The molecule has 0 aromatic heterocycles. The Balaban J connectivity index is 2.14. The van der Waals surface area contributed by atoms with Crippen molar-refractivity contribution >= 4 is 0 Å². The first-order valence-electron chi connectivity index (χ1n) is 6.79. The van der Waals surface area contributed by atoms with Crippen molar-refractivity contribution in [3.05, 3.63) is 35.1 Å². The van der Waals surface area contributed by atoms with E-state index in [1.807, 2.05) is 6.92 Å². The van der Waals surface area contributed by atoms with Gasteiger partial charge in [0, 0.05) is 19.1 Å². The van der Waals surface area contributed by atoms with Gasteiger partial charge in [0.25, 0.3) is 0 Å². The SMILES string of the molecule is Cc1ccc(F)cc1C(O)C1CN(C(C)C)CCO1. The second-order valence-corrected chi connectivity index (χ2v) is 5.44. The van der Waals surface area contributed by atoms with Gasteiger partial charge in [-0.05, 0) is 44.0 Å². The van der Waals surface area contributed by atoms with Crippen LogP contribution in [0.1, 0.15) is 31.1 Å². The number of hydrogen-bond donors (Lipinski definition) is 1. The molecule has 1 aromatic rings. The summed E-state index contributed by atoms with van der Waals surface area (Å²) in [5, 5.41) is 10.4. The van der Waals surface area contributed by atoms with Crippen LogP contribution in [0.25, 0.3) is 0 Å². The van der Waals surface area contributed by atoms with Crippen LogP contribution in [0.15, 0.2) is 18.2 Å². The standard InChI is InChI=1S/C15H22FNO2/c1-10(2)17-6-7-19-14(9-17)15(18)13-8-12(16)5-4-11(13)3/h4-5,8,10,14-15,18H,6-7,9H2,1-3H3. The average molecular weight is 267 g/mol. The molecule has 0 saturated carbocycles. The number of ether oxygens (including phenoxy) is 1. The molecule has 19 heavy (non-hydrogen) atoms. The fraction of sp³-hybridized carbons (Fsp3) is 0.600. The van der Waals surface area contributed by atoms with Crippen LogP contribution in [-0.2, 0) is 4.74 Å². The summed E-state index contributed by atoms with van der Waals surface area (Å²) >= 11 is 0. The quantitative estimate of drug-likeness (QED) is 0.912. The van der Waals surface area contributed by atoms with Gasteiger partial charge < -0.3 is 9.84 Å². The Morgan fingerprint density at radius 3 is 2.84 bits per heavy atom. The maximum Gasteiger partial charge on any atom is 0.123 e. The number of halogens is 1. The number of morpholine rings is 1. The molecule has 0 radical (unpaired) electrons. The van der Waals surface area contributed by atoms with Crippen molar-refractivity contribution in [2.24, 2.45) is 0 Å². The molecule has 2 atom stereocenters. The highest BCUT2D eigenvalue weighted by Crippen LogP contribution is 2.26. The number of aliphatic hydroxyl groups excluding tert-OH is 1. The molecule has 1 aliphatic rings. The van der Waals surface area contributed by atoms with E-state index >= 15 is 0 Å². The van der Waals surface area contributed by atoms with Gasteiger partial charge in [0.15, 0.2) is 0 Å². The molecule has 1 fully saturated rings. The summed E-state index contributed by atoms with van der Waals surface area (Å²) in [4.78, 5) is 2.27. The third kappa shape index (κ3) is 3.32. The molecule has 0 spiro atoms. The maximum absolute atomic E-state index is 13.3. The van der Waals surface area contributed by atoms with E-state index in [1.165, 1.54) is 12.1 Å². The van der Waals surface area contributed by atoms with Gasteiger partial charge >= 0.3 is 0 Å². The van der Waals surface area contributed by atoms with Gasteiger partial charge in [0.05, 0.1) is 6.61 Å². The molecule has 1 aliphatic heterocycles. The highest BCUT2D eigenvalue weighted by Gasteiger charge is 2.29. The third-order valence-corrected chi connectivity index (χ3v) is 3.77. The van der Waals surface area contributed by atoms with Gasteiger partial charge in [-0.2, -0.15) is 0 Å². The van der Waals surface area contributed by atoms with Gasteiger partial charge in [-0.3, -0.25) is 4.90 Å². The van der Waals surface area contributed by atoms with Crippen molar-refractivity contribution in [2.75, 3.05) is 19.7 Å². The molecule has 0 bridgehead atoms. The molecule has 0 aliphatic carbocycles. The lowest BCUT2D eigenvalue weighted by Gasteiger charge is -2.37. The van der Waals surface area contributed by atoms with Crippen LogP contribution >= 0.6 is 0 Å². The first-order valence-corrected chi connectivity index (χ1v) is 6.79. The minimum Gasteiger partial charge on any atom is -0.386 e. The van der Waals surface area contributed by atoms with E-state index < -0.39 is 6.10 Å². The molecule has 106 valence electrons. The predicted molar refractivity (Wildman–Crippen MR) is 72.5 cm³/mol. The Morgan fingerprint density at radius 2 is 2.16 bits per heavy atom. The zero-order valence-electron chi connectivity index (χ0n) is 11.8. The van der Waals surface area contributed by atoms with Crippen LogP contribution in [0, 0.1) is 12.7 Å². The van der Waals surface area contributed by atoms with E-state index in [4.69, 9.17) is 4.74 Å². The highest BCUT2D eigenvalue weighted by atomic mass is 19.1. The van der Waals surface area contributed by atoms with Crippen LogP contribution in [0.2, 0.25) is 0 Å². The van der Waals surface area contributed by atoms with Gasteiger partial charge in [0.2, 0.25) is 0 Å². The first kappa shape index (κ1) is 14.4. The number of rotatable bonds is 3. The largest absolute Gasteiger partial charge is 0.386 e. The lowest BCUT2D eigenvalue weighted by Crippen LogP contribution is -2.47. The van der Waals surface area contributed by atoms with Crippen LogP contribution < -0.4 is 0 Å². The highest BCUT2D eigenvalue weighted by molar-refractivity contribution is 5.29. The molecule has 0 amide bonds. The zero-order chi connectivity index (χ0) is 14.0. The first-order chi connectivity index (χ1) is 8.99. The molecule has 1 saturated heterocycles. The maximum atomic E-state index is 13.3. The molecule has 2 rings (SSSR count). The Bertz CT molecular complexity index is 436. The van der Waals surface area contributed by atoms with Crippen molar-refractivity contribution in [2.45, 2.75) is 39.0 Å². The lowest BCUT2D eigenvalue weighted by atomic mass is 9.98.